The first kappa shape index (κ1) is 15.5. The molecule has 1 N–H and O–H groups in total. The minimum Gasteiger partial charge on any atom is -0.343 e. The van der Waals surface area contributed by atoms with E-state index in [2.05, 4.69) is 31.0 Å². The maximum Gasteiger partial charge on any atom is 0.222 e. The summed E-state index contributed by atoms with van der Waals surface area (Å²) in [6, 6.07) is 0.606. The molecule has 1 aliphatic rings. The molecule has 1 saturated heterocycles. The normalized spacial score (nSPS) is 22.9. The van der Waals surface area contributed by atoms with Gasteiger partial charge in [0.05, 0.1) is 0 Å². The zero-order valence-corrected chi connectivity index (χ0v) is 12.4. The summed E-state index contributed by atoms with van der Waals surface area (Å²) in [5, 5.41) is 3.43. The topological polar surface area (TPSA) is 32.3 Å². The standard InChI is InChI=1S/C15H30N2O/c1-4-16-14(3)7-5-6-11-17-12-10-13(2)8-9-15(17)18/h13-14,16H,4-12H2,1-3H3. The predicted octanol–water partition coefficient (Wildman–Crippen LogP) is 2.80. The van der Waals surface area contributed by atoms with E-state index in [0.717, 1.165) is 38.9 Å². The average molecular weight is 254 g/mol. The van der Waals surface area contributed by atoms with E-state index < -0.39 is 0 Å². The van der Waals surface area contributed by atoms with E-state index >= 15 is 0 Å². The molecule has 1 rings (SSSR count). The van der Waals surface area contributed by atoms with Crippen LogP contribution in [0.3, 0.4) is 0 Å². The summed E-state index contributed by atoms with van der Waals surface area (Å²) >= 11 is 0. The van der Waals surface area contributed by atoms with Crippen LogP contribution in [0.4, 0.5) is 0 Å². The Morgan fingerprint density at radius 2 is 2.17 bits per heavy atom. The van der Waals surface area contributed by atoms with Crippen LogP contribution < -0.4 is 5.32 Å². The first-order valence-corrected chi connectivity index (χ1v) is 7.64. The number of likely N-dealkylation sites (tertiary alicyclic amines) is 1. The highest BCUT2D eigenvalue weighted by Crippen LogP contribution is 2.18. The molecule has 1 heterocycles. The SMILES string of the molecule is CCNC(C)CCCCN1CCC(C)CCC1=O. The maximum absolute atomic E-state index is 11.9. The Hall–Kier alpha value is -0.570. The van der Waals surface area contributed by atoms with Gasteiger partial charge in [0.1, 0.15) is 0 Å². The lowest BCUT2D eigenvalue weighted by molar-refractivity contribution is -0.130. The molecule has 18 heavy (non-hydrogen) atoms. The highest BCUT2D eigenvalue weighted by Gasteiger charge is 2.19. The van der Waals surface area contributed by atoms with Crippen molar-refractivity contribution in [2.24, 2.45) is 5.92 Å². The lowest BCUT2D eigenvalue weighted by Crippen LogP contribution is -2.31. The van der Waals surface area contributed by atoms with Gasteiger partial charge in [0.2, 0.25) is 5.91 Å². The van der Waals surface area contributed by atoms with Gasteiger partial charge in [-0.2, -0.15) is 0 Å². The molecular weight excluding hydrogens is 224 g/mol. The smallest absolute Gasteiger partial charge is 0.222 e. The van der Waals surface area contributed by atoms with Gasteiger partial charge in [0.15, 0.2) is 0 Å². The van der Waals surface area contributed by atoms with Crippen molar-refractivity contribution in [3.63, 3.8) is 0 Å². The molecule has 3 nitrogen and oxygen atoms in total. The summed E-state index contributed by atoms with van der Waals surface area (Å²) in [4.78, 5) is 14.0. The molecule has 0 radical (unpaired) electrons. The molecular formula is C15H30N2O. The van der Waals surface area contributed by atoms with Gasteiger partial charge >= 0.3 is 0 Å². The van der Waals surface area contributed by atoms with Gasteiger partial charge in [-0.25, -0.2) is 0 Å². The van der Waals surface area contributed by atoms with E-state index in [9.17, 15) is 4.79 Å². The van der Waals surface area contributed by atoms with Crippen LogP contribution in [0.25, 0.3) is 0 Å². The van der Waals surface area contributed by atoms with Gasteiger partial charge < -0.3 is 10.2 Å². The molecule has 0 bridgehead atoms. The van der Waals surface area contributed by atoms with Crippen molar-refractivity contribution in [2.75, 3.05) is 19.6 Å². The molecule has 0 aromatic heterocycles. The molecule has 2 atom stereocenters. The Labute approximate surface area is 112 Å². The zero-order chi connectivity index (χ0) is 13.4. The molecule has 3 heteroatoms. The Morgan fingerprint density at radius 1 is 1.39 bits per heavy atom. The number of carbonyl (C=O) groups excluding carboxylic acids is 1. The number of rotatable bonds is 7. The van der Waals surface area contributed by atoms with Crippen LogP contribution in [0, 0.1) is 5.92 Å². The summed E-state index contributed by atoms with van der Waals surface area (Å²) in [5.74, 6) is 1.09. The van der Waals surface area contributed by atoms with E-state index in [4.69, 9.17) is 0 Å². The highest BCUT2D eigenvalue weighted by molar-refractivity contribution is 5.76. The number of nitrogens with one attached hydrogen (secondary N) is 1. The van der Waals surface area contributed by atoms with Crippen molar-refractivity contribution in [2.45, 2.75) is 65.3 Å². The Kier molecular flexibility index (Phi) is 7.33. The van der Waals surface area contributed by atoms with E-state index in [1.807, 2.05) is 0 Å². The molecule has 2 unspecified atom stereocenters. The van der Waals surface area contributed by atoms with Gasteiger partial charge in [-0.15, -0.1) is 0 Å². The molecule has 1 aliphatic heterocycles. The number of unbranched alkanes of at least 4 members (excludes halogenated alkanes) is 1. The lowest BCUT2D eigenvalue weighted by atomic mass is 10.0. The number of hydrogen-bond donors (Lipinski definition) is 1. The second-order valence-electron chi connectivity index (χ2n) is 5.77. The summed E-state index contributed by atoms with van der Waals surface area (Å²) < 4.78 is 0. The molecule has 106 valence electrons. The Balaban J connectivity index is 2.15. The van der Waals surface area contributed by atoms with Crippen LogP contribution in [0.15, 0.2) is 0 Å². The fourth-order valence-corrected chi connectivity index (χ4v) is 2.61. The molecule has 0 aromatic carbocycles. The summed E-state index contributed by atoms with van der Waals surface area (Å²) in [5.41, 5.74) is 0. The van der Waals surface area contributed by atoms with E-state index in [1.54, 1.807) is 0 Å². The second-order valence-corrected chi connectivity index (χ2v) is 5.77. The maximum atomic E-state index is 11.9. The Morgan fingerprint density at radius 3 is 2.89 bits per heavy atom. The zero-order valence-electron chi connectivity index (χ0n) is 12.4. The third-order valence-electron chi connectivity index (χ3n) is 3.96. The molecule has 0 aromatic rings. The first-order valence-electron chi connectivity index (χ1n) is 7.64. The van der Waals surface area contributed by atoms with Crippen molar-refractivity contribution in [1.82, 2.24) is 10.2 Å². The van der Waals surface area contributed by atoms with Crippen molar-refractivity contribution >= 4 is 5.91 Å². The van der Waals surface area contributed by atoms with Crippen LogP contribution in [-0.2, 0) is 4.79 Å². The van der Waals surface area contributed by atoms with Gasteiger partial charge in [-0.1, -0.05) is 20.3 Å². The van der Waals surface area contributed by atoms with Crippen molar-refractivity contribution in [1.29, 1.82) is 0 Å². The monoisotopic (exact) mass is 254 g/mol. The number of nitrogens with zero attached hydrogens (tertiary/aromatic N) is 1. The minimum absolute atomic E-state index is 0.374. The van der Waals surface area contributed by atoms with Crippen LogP contribution in [0.5, 0.6) is 0 Å². The van der Waals surface area contributed by atoms with Crippen LogP contribution in [0.2, 0.25) is 0 Å². The van der Waals surface area contributed by atoms with Gasteiger partial charge in [-0.05, 0) is 45.1 Å². The fraction of sp³-hybridized carbons (Fsp3) is 0.933. The van der Waals surface area contributed by atoms with Crippen LogP contribution >= 0.6 is 0 Å². The Bertz CT molecular complexity index is 243. The van der Waals surface area contributed by atoms with E-state index in [0.29, 0.717) is 17.9 Å². The van der Waals surface area contributed by atoms with Gasteiger partial charge in [0.25, 0.3) is 0 Å². The van der Waals surface area contributed by atoms with Gasteiger partial charge in [-0.3, -0.25) is 4.79 Å². The number of carbonyl (C=O) groups is 1. The molecule has 1 amide bonds. The van der Waals surface area contributed by atoms with Crippen molar-refractivity contribution in [3.8, 4) is 0 Å². The summed E-state index contributed by atoms with van der Waals surface area (Å²) in [6.45, 7) is 9.63. The third-order valence-corrected chi connectivity index (χ3v) is 3.96. The predicted molar refractivity (Wildman–Crippen MR) is 76.6 cm³/mol. The quantitative estimate of drug-likeness (QED) is 0.709. The third kappa shape index (κ3) is 5.85. The number of amides is 1. The lowest BCUT2D eigenvalue weighted by Gasteiger charge is -2.21. The second kappa shape index (κ2) is 8.52. The molecule has 0 aliphatic carbocycles. The van der Waals surface area contributed by atoms with Crippen molar-refractivity contribution in [3.05, 3.63) is 0 Å². The van der Waals surface area contributed by atoms with E-state index in [-0.39, 0.29) is 0 Å². The molecule has 1 fully saturated rings. The van der Waals surface area contributed by atoms with Crippen molar-refractivity contribution < 1.29 is 4.79 Å². The van der Waals surface area contributed by atoms with E-state index in [1.165, 1.54) is 19.3 Å². The largest absolute Gasteiger partial charge is 0.343 e. The minimum atomic E-state index is 0.374. The summed E-state index contributed by atoms with van der Waals surface area (Å²) in [6.07, 6.45) is 6.59. The molecule has 0 saturated carbocycles. The van der Waals surface area contributed by atoms with Crippen LogP contribution in [-0.4, -0.2) is 36.5 Å². The van der Waals surface area contributed by atoms with Crippen LogP contribution in [0.1, 0.15) is 59.3 Å². The summed E-state index contributed by atoms with van der Waals surface area (Å²) in [7, 11) is 0. The van der Waals surface area contributed by atoms with Gasteiger partial charge in [0, 0.05) is 25.6 Å². The number of hydrogen-bond acceptors (Lipinski definition) is 2. The first-order chi connectivity index (χ1) is 8.63. The molecule has 0 spiro atoms. The fourth-order valence-electron chi connectivity index (χ4n) is 2.61. The average Bonchev–Trinajstić information content (AvgIpc) is 2.49. The highest BCUT2D eigenvalue weighted by atomic mass is 16.2.